The third kappa shape index (κ3) is 6.66. The van der Waals surface area contributed by atoms with Crippen molar-refractivity contribution in [3.05, 3.63) is 29.5 Å². The Hall–Kier alpha value is -0.780. The van der Waals surface area contributed by atoms with Crippen molar-refractivity contribution in [3.8, 4) is 0 Å². The molecule has 0 saturated heterocycles. The summed E-state index contributed by atoms with van der Waals surface area (Å²) in [6.45, 7) is 0.357. The molecule has 0 bridgehead atoms. The van der Waals surface area contributed by atoms with Gasteiger partial charge in [0.15, 0.2) is 0 Å². The van der Waals surface area contributed by atoms with Gasteiger partial charge in [0, 0.05) is 6.61 Å². The summed E-state index contributed by atoms with van der Waals surface area (Å²) in [5.41, 5.74) is 4.60. The van der Waals surface area contributed by atoms with Crippen LogP contribution in [0.4, 0.5) is 0 Å². The summed E-state index contributed by atoms with van der Waals surface area (Å²) in [7, 11) is 0. The Kier molecular flexibility index (Phi) is 7.84. The molecule has 0 aromatic rings. The lowest BCUT2D eigenvalue weighted by atomic mass is 10.1. The Labute approximate surface area is 99.6 Å². The van der Waals surface area contributed by atoms with Crippen molar-refractivity contribution in [3.63, 3.8) is 0 Å². The molecule has 0 aliphatic heterocycles. The number of unbranched alkanes of at least 4 members (excludes halogenated alkanes) is 7. The van der Waals surface area contributed by atoms with Crippen LogP contribution in [0.1, 0.15) is 57.8 Å². The fraction of sp³-hybridized carbons (Fsp3) is 0.667. The van der Waals surface area contributed by atoms with Gasteiger partial charge in [-0.25, -0.2) is 0 Å². The van der Waals surface area contributed by atoms with Crippen LogP contribution in [0.3, 0.4) is 0 Å². The molecule has 0 aromatic carbocycles. The summed E-state index contributed by atoms with van der Waals surface area (Å²) >= 11 is 0. The van der Waals surface area contributed by atoms with Crippen LogP contribution >= 0.6 is 0 Å². The molecule has 1 rings (SSSR count). The molecule has 0 atom stereocenters. The van der Waals surface area contributed by atoms with E-state index in [-0.39, 0.29) is 0 Å². The van der Waals surface area contributed by atoms with Gasteiger partial charge in [-0.15, -0.1) is 5.73 Å². The van der Waals surface area contributed by atoms with E-state index in [4.69, 9.17) is 5.11 Å². The molecule has 1 aliphatic carbocycles. The molecule has 0 spiro atoms. The van der Waals surface area contributed by atoms with Crippen molar-refractivity contribution >= 4 is 0 Å². The monoisotopic (exact) mass is 220 g/mol. The standard InChI is InChI=1S/C15H24O/c16-14-10-6-4-2-1-3-5-7-11-15-12-8-9-13-15/h8-9,12,16H,1-7,10-11,14H2. The Morgan fingerprint density at radius 1 is 0.875 bits per heavy atom. The van der Waals surface area contributed by atoms with Gasteiger partial charge in [-0.1, -0.05) is 50.7 Å². The normalized spacial score (nSPS) is 13.4. The summed E-state index contributed by atoms with van der Waals surface area (Å²) in [6.07, 6.45) is 17.6. The van der Waals surface area contributed by atoms with E-state index < -0.39 is 0 Å². The average Bonchev–Trinajstić information content (AvgIpc) is 2.80. The summed E-state index contributed by atoms with van der Waals surface area (Å²) in [5, 5.41) is 8.63. The molecule has 16 heavy (non-hydrogen) atoms. The Balaban J connectivity index is 1.78. The predicted octanol–water partition coefficient (Wildman–Crippen LogP) is 4.14. The maximum absolute atomic E-state index is 8.63. The zero-order valence-electron chi connectivity index (χ0n) is 10.3. The third-order valence-electron chi connectivity index (χ3n) is 3.02. The average molecular weight is 220 g/mol. The van der Waals surface area contributed by atoms with E-state index in [0.717, 1.165) is 6.42 Å². The van der Waals surface area contributed by atoms with E-state index in [1.54, 1.807) is 0 Å². The molecule has 0 saturated carbocycles. The summed E-state index contributed by atoms with van der Waals surface area (Å²) in [6, 6.07) is 0. The van der Waals surface area contributed by atoms with Gasteiger partial charge in [0.05, 0.1) is 0 Å². The Morgan fingerprint density at radius 3 is 2.06 bits per heavy atom. The largest absolute Gasteiger partial charge is 0.396 e. The van der Waals surface area contributed by atoms with Gasteiger partial charge in [-0.05, 0) is 30.9 Å². The summed E-state index contributed by atoms with van der Waals surface area (Å²) in [5.74, 6) is 0. The molecule has 1 aliphatic rings. The molecule has 1 N–H and O–H groups in total. The van der Waals surface area contributed by atoms with Gasteiger partial charge in [-0.2, -0.15) is 0 Å². The van der Waals surface area contributed by atoms with Gasteiger partial charge < -0.3 is 5.11 Å². The third-order valence-corrected chi connectivity index (χ3v) is 3.02. The number of hydrogen-bond donors (Lipinski definition) is 1. The van der Waals surface area contributed by atoms with E-state index >= 15 is 0 Å². The van der Waals surface area contributed by atoms with Gasteiger partial charge >= 0.3 is 0 Å². The SMILES string of the molecule is OCCCCCCCCCCC1=C=CC=C1. The zero-order chi connectivity index (χ0) is 11.5. The predicted molar refractivity (Wildman–Crippen MR) is 69.4 cm³/mol. The van der Waals surface area contributed by atoms with Crippen molar-refractivity contribution in [2.75, 3.05) is 6.61 Å². The second kappa shape index (κ2) is 9.45. The number of aliphatic hydroxyl groups excluding tert-OH is 1. The minimum absolute atomic E-state index is 0.357. The lowest BCUT2D eigenvalue weighted by Crippen LogP contribution is -1.84. The van der Waals surface area contributed by atoms with Crippen LogP contribution in [-0.2, 0) is 0 Å². The quantitative estimate of drug-likeness (QED) is 0.433. The van der Waals surface area contributed by atoms with Gasteiger partial charge in [0.25, 0.3) is 0 Å². The van der Waals surface area contributed by atoms with Crippen LogP contribution in [0.25, 0.3) is 0 Å². The van der Waals surface area contributed by atoms with Crippen molar-refractivity contribution in [1.82, 2.24) is 0 Å². The van der Waals surface area contributed by atoms with E-state index in [0.29, 0.717) is 6.61 Å². The van der Waals surface area contributed by atoms with Crippen LogP contribution in [0.2, 0.25) is 0 Å². The molecule has 1 heteroatoms. The van der Waals surface area contributed by atoms with Gasteiger partial charge in [0.1, 0.15) is 0 Å². The molecule has 0 amide bonds. The van der Waals surface area contributed by atoms with Crippen LogP contribution in [-0.4, -0.2) is 11.7 Å². The lowest BCUT2D eigenvalue weighted by Gasteiger charge is -2.01. The highest BCUT2D eigenvalue weighted by atomic mass is 16.2. The molecular formula is C15H24O. The Bertz CT molecular complexity index is 257. The second-order valence-electron chi connectivity index (χ2n) is 4.50. The van der Waals surface area contributed by atoms with Crippen molar-refractivity contribution in [1.29, 1.82) is 0 Å². The summed E-state index contributed by atoms with van der Waals surface area (Å²) in [4.78, 5) is 0. The highest BCUT2D eigenvalue weighted by Crippen LogP contribution is 2.14. The van der Waals surface area contributed by atoms with Gasteiger partial charge in [0.2, 0.25) is 0 Å². The number of allylic oxidation sites excluding steroid dienone is 3. The first-order chi connectivity index (χ1) is 7.93. The molecule has 0 aromatic heterocycles. The van der Waals surface area contributed by atoms with E-state index in [9.17, 15) is 0 Å². The maximum atomic E-state index is 8.63. The van der Waals surface area contributed by atoms with Crippen molar-refractivity contribution in [2.24, 2.45) is 0 Å². The molecule has 0 heterocycles. The molecule has 1 nitrogen and oxygen atoms in total. The number of aliphatic hydroxyl groups is 1. The maximum Gasteiger partial charge on any atom is 0.0431 e. The van der Waals surface area contributed by atoms with E-state index in [1.165, 1.54) is 56.9 Å². The highest BCUT2D eigenvalue weighted by Gasteiger charge is 1.95. The van der Waals surface area contributed by atoms with Crippen LogP contribution in [0.5, 0.6) is 0 Å². The Morgan fingerprint density at radius 2 is 1.50 bits per heavy atom. The minimum Gasteiger partial charge on any atom is -0.396 e. The fourth-order valence-corrected chi connectivity index (χ4v) is 2.01. The molecule has 0 unspecified atom stereocenters. The topological polar surface area (TPSA) is 20.2 Å². The van der Waals surface area contributed by atoms with E-state index in [2.05, 4.69) is 17.9 Å². The first-order valence-electron chi connectivity index (χ1n) is 6.66. The molecule has 0 radical (unpaired) electrons. The number of hydrogen-bond acceptors (Lipinski definition) is 1. The lowest BCUT2D eigenvalue weighted by molar-refractivity contribution is 0.282. The second-order valence-corrected chi connectivity index (χ2v) is 4.50. The van der Waals surface area contributed by atoms with E-state index in [1.807, 2.05) is 6.08 Å². The highest BCUT2D eigenvalue weighted by molar-refractivity contribution is 5.28. The van der Waals surface area contributed by atoms with Gasteiger partial charge in [-0.3, -0.25) is 0 Å². The zero-order valence-corrected chi connectivity index (χ0v) is 10.3. The molecular weight excluding hydrogens is 196 g/mol. The van der Waals surface area contributed by atoms with Crippen LogP contribution < -0.4 is 0 Å². The smallest absolute Gasteiger partial charge is 0.0431 e. The molecule has 0 fully saturated rings. The first kappa shape index (κ1) is 13.3. The fourth-order valence-electron chi connectivity index (χ4n) is 2.01. The first-order valence-corrected chi connectivity index (χ1v) is 6.66. The van der Waals surface area contributed by atoms with Crippen LogP contribution in [0.15, 0.2) is 29.5 Å². The van der Waals surface area contributed by atoms with Crippen LogP contribution in [0, 0.1) is 0 Å². The molecule has 90 valence electrons. The van der Waals surface area contributed by atoms with Crippen molar-refractivity contribution in [2.45, 2.75) is 57.8 Å². The minimum atomic E-state index is 0.357. The number of rotatable bonds is 10. The summed E-state index contributed by atoms with van der Waals surface area (Å²) < 4.78 is 0. The van der Waals surface area contributed by atoms with Crippen molar-refractivity contribution < 1.29 is 5.11 Å².